The summed E-state index contributed by atoms with van der Waals surface area (Å²) in [6.45, 7) is 0. The Morgan fingerprint density at radius 2 is 0.692 bits per heavy atom. The van der Waals surface area contributed by atoms with Crippen molar-refractivity contribution >= 4 is 34.6 Å². The zero-order valence-electron chi connectivity index (χ0n) is 13.6. The first-order chi connectivity index (χ1) is 12.2. The van der Waals surface area contributed by atoms with E-state index in [1.54, 1.807) is 0 Å². The van der Waals surface area contributed by atoms with Crippen LogP contribution in [0.3, 0.4) is 0 Å². The number of carboxylic acids is 4. The molecule has 0 aliphatic carbocycles. The second kappa shape index (κ2) is 7.64. The zero-order valence-corrected chi connectivity index (χ0v) is 13.6. The van der Waals surface area contributed by atoms with Gasteiger partial charge in [-0.2, -0.15) is 0 Å². The van der Waals surface area contributed by atoms with Crippen molar-refractivity contribution in [2.24, 2.45) is 0 Å². The Hall–Kier alpha value is -3.42. The third-order valence-electron chi connectivity index (χ3n) is 3.87. The summed E-state index contributed by atoms with van der Waals surface area (Å²) in [4.78, 5) is 44.7. The van der Waals surface area contributed by atoms with E-state index in [1.165, 1.54) is 24.3 Å². The lowest BCUT2D eigenvalue weighted by Crippen LogP contribution is -2.10. The van der Waals surface area contributed by atoms with Crippen LogP contribution in [0.15, 0.2) is 24.3 Å². The molecule has 0 saturated carbocycles. The number of aliphatic carboxylic acids is 4. The van der Waals surface area contributed by atoms with Crippen molar-refractivity contribution < 1.29 is 39.6 Å². The largest absolute Gasteiger partial charge is 0.481 e. The quantitative estimate of drug-likeness (QED) is 0.551. The molecule has 0 aromatic heterocycles. The van der Waals surface area contributed by atoms with Crippen molar-refractivity contribution in [2.45, 2.75) is 25.7 Å². The smallest absolute Gasteiger partial charge is 0.307 e. The van der Waals surface area contributed by atoms with Crippen LogP contribution < -0.4 is 0 Å². The molecular formula is C18H16O8. The first-order valence-corrected chi connectivity index (χ1v) is 7.61. The lowest BCUT2D eigenvalue weighted by atomic mass is 9.88. The van der Waals surface area contributed by atoms with E-state index in [0.29, 0.717) is 33.0 Å². The van der Waals surface area contributed by atoms with Crippen molar-refractivity contribution in [3.8, 4) is 0 Å². The molecule has 136 valence electrons. The van der Waals surface area contributed by atoms with Gasteiger partial charge in [-0.15, -0.1) is 0 Å². The van der Waals surface area contributed by atoms with E-state index in [9.17, 15) is 19.2 Å². The highest BCUT2D eigenvalue weighted by Gasteiger charge is 2.19. The predicted octanol–water partition coefficient (Wildman–Crippen LogP) is 1.35. The summed E-state index contributed by atoms with van der Waals surface area (Å²) in [5.41, 5.74) is 1.24. The molecular weight excluding hydrogens is 344 g/mol. The molecule has 0 unspecified atom stereocenters. The number of rotatable bonds is 8. The highest BCUT2D eigenvalue weighted by molar-refractivity contribution is 6.00. The van der Waals surface area contributed by atoms with Gasteiger partial charge in [-0.1, -0.05) is 24.3 Å². The Balaban J connectivity index is 2.88. The molecule has 0 fully saturated rings. The first-order valence-electron chi connectivity index (χ1n) is 7.61. The van der Waals surface area contributed by atoms with Crippen LogP contribution in [0.2, 0.25) is 0 Å². The van der Waals surface area contributed by atoms with Gasteiger partial charge in [0.05, 0.1) is 25.7 Å². The predicted molar refractivity (Wildman–Crippen MR) is 89.3 cm³/mol. The number of hydrogen-bond acceptors (Lipinski definition) is 4. The van der Waals surface area contributed by atoms with Crippen LogP contribution in [-0.4, -0.2) is 44.3 Å². The number of hydrogen-bond donors (Lipinski definition) is 4. The molecule has 0 saturated heterocycles. The Kier molecular flexibility index (Phi) is 5.56. The van der Waals surface area contributed by atoms with Crippen molar-refractivity contribution in [3.05, 3.63) is 46.5 Å². The molecule has 26 heavy (non-hydrogen) atoms. The minimum Gasteiger partial charge on any atom is -0.481 e. The summed E-state index contributed by atoms with van der Waals surface area (Å²) in [7, 11) is 0. The van der Waals surface area contributed by atoms with E-state index in [2.05, 4.69) is 0 Å². The second-order valence-electron chi connectivity index (χ2n) is 5.80. The Bertz CT molecular complexity index is 768. The van der Waals surface area contributed by atoms with E-state index < -0.39 is 49.6 Å². The number of fused-ring (bicyclic) bond motifs is 1. The highest BCUT2D eigenvalue weighted by atomic mass is 16.4. The molecule has 0 heterocycles. The lowest BCUT2D eigenvalue weighted by molar-refractivity contribution is -0.137. The number of carbonyl (C=O) groups is 4. The molecule has 8 heteroatoms. The third-order valence-corrected chi connectivity index (χ3v) is 3.87. The molecule has 8 nitrogen and oxygen atoms in total. The first kappa shape index (κ1) is 18.9. The average molecular weight is 360 g/mol. The highest BCUT2D eigenvalue weighted by Crippen LogP contribution is 2.31. The molecule has 0 radical (unpaired) electrons. The average Bonchev–Trinajstić information content (AvgIpc) is 2.49. The Morgan fingerprint density at radius 3 is 0.846 bits per heavy atom. The van der Waals surface area contributed by atoms with Gasteiger partial charge in [-0.3, -0.25) is 19.2 Å². The molecule has 0 bridgehead atoms. The maximum absolute atomic E-state index is 11.2. The van der Waals surface area contributed by atoms with Gasteiger partial charge in [0.25, 0.3) is 0 Å². The third kappa shape index (κ3) is 4.35. The van der Waals surface area contributed by atoms with Crippen molar-refractivity contribution in [2.75, 3.05) is 0 Å². The van der Waals surface area contributed by atoms with E-state index in [-0.39, 0.29) is 0 Å². The van der Waals surface area contributed by atoms with Crippen molar-refractivity contribution in [1.82, 2.24) is 0 Å². The van der Waals surface area contributed by atoms with Gasteiger partial charge in [-0.05, 0) is 33.0 Å². The lowest BCUT2D eigenvalue weighted by Gasteiger charge is -2.16. The van der Waals surface area contributed by atoms with Gasteiger partial charge in [-0.25, -0.2) is 0 Å². The van der Waals surface area contributed by atoms with E-state index in [0.717, 1.165) is 0 Å². The monoisotopic (exact) mass is 360 g/mol. The number of carboxylic acid groups (broad SMARTS) is 4. The fourth-order valence-electron chi connectivity index (χ4n) is 3.03. The summed E-state index contributed by atoms with van der Waals surface area (Å²) >= 11 is 0. The van der Waals surface area contributed by atoms with Gasteiger partial charge < -0.3 is 20.4 Å². The maximum atomic E-state index is 11.2. The van der Waals surface area contributed by atoms with Gasteiger partial charge >= 0.3 is 23.9 Å². The number of benzene rings is 2. The van der Waals surface area contributed by atoms with Gasteiger partial charge in [0.15, 0.2) is 0 Å². The molecule has 2 aromatic carbocycles. The molecule has 0 atom stereocenters. The molecule has 2 rings (SSSR count). The minimum atomic E-state index is -1.14. The summed E-state index contributed by atoms with van der Waals surface area (Å²) in [5, 5.41) is 37.1. The van der Waals surface area contributed by atoms with Gasteiger partial charge in [0, 0.05) is 0 Å². The summed E-state index contributed by atoms with van der Waals surface area (Å²) in [5.74, 6) is -4.55. The van der Waals surface area contributed by atoms with E-state index in [4.69, 9.17) is 20.4 Å². The second-order valence-corrected chi connectivity index (χ2v) is 5.80. The van der Waals surface area contributed by atoms with Crippen LogP contribution in [0.4, 0.5) is 0 Å². The summed E-state index contributed by atoms with van der Waals surface area (Å²) in [6, 6.07) is 5.80. The topological polar surface area (TPSA) is 149 Å². The minimum absolute atomic E-state index is 0.298. The van der Waals surface area contributed by atoms with E-state index >= 15 is 0 Å². The molecule has 0 aliphatic rings. The normalized spacial score (nSPS) is 10.6. The van der Waals surface area contributed by atoms with Crippen molar-refractivity contribution in [3.63, 3.8) is 0 Å². The van der Waals surface area contributed by atoms with Gasteiger partial charge in [0.2, 0.25) is 0 Å². The van der Waals surface area contributed by atoms with Crippen LogP contribution in [0.1, 0.15) is 22.3 Å². The molecule has 0 spiro atoms. The van der Waals surface area contributed by atoms with Crippen LogP contribution in [0, 0.1) is 0 Å². The molecule has 0 aliphatic heterocycles. The van der Waals surface area contributed by atoms with Crippen molar-refractivity contribution in [1.29, 1.82) is 0 Å². The summed E-state index contributed by atoms with van der Waals surface area (Å²) < 4.78 is 0. The summed E-state index contributed by atoms with van der Waals surface area (Å²) in [6.07, 6.45) is -1.58. The molecule has 0 amide bonds. The van der Waals surface area contributed by atoms with Gasteiger partial charge in [0.1, 0.15) is 0 Å². The van der Waals surface area contributed by atoms with Crippen LogP contribution in [0.5, 0.6) is 0 Å². The fraction of sp³-hybridized carbons (Fsp3) is 0.222. The SMILES string of the molecule is O=C(O)Cc1ccc(CC(=O)O)c2c(CC(=O)O)ccc(CC(=O)O)c12. The van der Waals surface area contributed by atoms with Crippen LogP contribution in [0.25, 0.3) is 10.8 Å². The van der Waals surface area contributed by atoms with E-state index in [1.807, 2.05) is 0 Å². The molecule has 4 N–H and O–H groups in total. The Morgan fingerprint density at radius 1 is 0.500 bits per heavy atom. The maximum Gasteiger partial charge on any atom is 0.307 e. The fourth-order valence-corrected chi connectivity index (χ4v) is 3.03. The van der Waals surface area contributed by atoms with Crippen LogP contribution in [-0.2, 0) is 44.9 Å². The van der Waals surface area contributed by atoms with Crippen LogP contribution >= 0.6 is 0 Å². The standard InChI is InChI=1S/C18H16O8/c19-13(20)5-9-1-2-10(6-14(21)22)18-12(8-16(25)26)4-3-11(17(9)18)7-15(23)24/h1-4H,5-8H2,(H,19,20)(H,21,22)(H,23,24)(H,25,26). The molecule has 2 aromatic rings. The zero-order chi connectivity index (χ0) is 19.4. The Labute approximate surface area is 147 Å².